The van der Waals surface area contributed by atoms with Crippen LogP contribution in [0.4, 0.5) is 0 Å². The van der Waals surface area contributed by atoms with Crippen molar-refractivity contribution in [3.63, 3.8) is 0 Å². The number of amides is 1. The predicted octanol–water partition coefficient (Wildman–Crippen LogP) is 1.88. The Hall–Kier alpha value is -0.570. The molecule has 0 radical (unpaired) electrons. The highest BCUT2D eigenvalue weighted by Gasteiger charge is 2.21. The Bertz CT molecular complexity index is 227. The molecule has 1 amide bonds. The number of rotatable bonds is 3. The zero-order valence-corrected chi connectivity index (χ0v) is 11.2. The maximum atomic E-state index is 12.0. The van der Waals surface area contributed by atoms with E-state index >= 15 is 0 Å². The third kappa shape index (κ3) is 4.97. The highest BCUT2D eigenvalue weighted by atomic mass is 16.2. The summed E-state index contributed by atoms with van der Waals surface area (Å²) in [6, 6.07) is 0. The molecular formula is C13H26N2O. The van der Waals surface area contributed by atoms with Crippen molar-refractivity contribution in [1.29, 1.82) is 0 Å². The lowest BCUT2D eigenvalue weighted by Crippen LogP contribution is -2.46. The average molecular weight is 226 g/mol. The molecule has 16 heavy (non-hydrogen) atoms. The summed E-state index contributed by atoms with van der Waals surface area (Å²) >= 11 is 0. The molecule has 0 bridgehead atoms. The minimum atomic E-state index is 0.323. The molecule has 3 heteroatoms. The van der Waals surface area contributed by atoms with Crippen molar-refractivity contribution in [1.82, 2.24) is 10.2 Å². The van der Waals surface area contributed by atoms with E-state index in [2.05, 4.69) is 33.0 Å². The molecule has 0 aromatic rings. The number of piperazine rings is 1. The SMILES string of the molecule is C[C@H](CC(=O)N1CCNCC1)CC(C)(C)C. The maximum Gasteiger partial charge on any atom is 0.222 e. The first-order valence-electron chi connectivity index (χ1n) is 6.37. The fraction of sp³-hybridized carbons (Fsp3) is 0.923. The Balaban J connectivity index is 2.32. The van der Waals surface area contributed by atoms with Gasteiger partial charge in [0.1, 0.15) is 0 Å². The van der Waals surface area contributed by atoms with E-state index in [0.717, 1.165) is 32.6 Å². The van der Waals surface area contributed by atoms with Gasteiger partial charge in [0.25, 0.3) is 0 Å². The van der Waals surface area contributed by atoms with Crippen LogP contribution in [0.3, 0.4) is 0 Å². The van der Waals surface area contributed by atoms with Crippen LogP contribution >= 0.6 is 0 Å². The van der Waals surface area contributed by atoms with Gasteiger partial charge in [0, 0.05) is 32.6 Å². The first-order chi connectivity index (χ1) is 7.38. The molecule has 3 nitrogen and oxygen atoms in total. The van der Waals surface area contributed by atoms with E-state index in [-0.39, 0.29) is 0 Å². The number of hydrogen-bond acceptors (Lipinski definition) is 2. The number of hydrogen-bond donors (Lipinski definition) is 1. The lowest BCUT2D eigenvalue weighted by atomic mass is 9.84. The zero-order valence-electron chi connectivity index (χ0n) is 11.2. The van der Waals surface area contributed by atoms with Gasteiger partial charge >= 0.3 is 0 Å². The summed E-state index contributed by atoms with van der Waals surface area (Å²) in [5.74, 6) is 0.820. The van der Waals surface area contributed by atoms with Crippen LogP contribution in [0.5, 0.6) is 0 Å². The number of carbonyl (C=O) groups excluding carboxylic acids is 1. The summed E-state index contributed by atoms with van der Waals surface area (Å²) in [6.07, 6.45) is 1.82. The normalized spacial score (nSPS) is 19.6. The Kier molecular flexibility index (Phi) is 4.78. The van der Waals surface area contributed by atoms with Gasteiger partial charge in [-0.05, 0) is 17.8 Å². The third-order valence-electron chi connectivity index (χ3n) is 2.95. The lowest BCUT2D eigenvalue weighted by Gasteiger charge is -2.29. The summed E-state index contributed by atoms with van der Waals surface area (Å²) < 4.78 is 0. The van der Waals surface area contributed by atoms with E-state index in [1.54, 1.807) is 0 Å². The van der Waals surface area contributed by atoms with Crippen molar-refractivity contribution in [3.05, 3.63) is 0 Å². The monoisotopic (exact) mass is 226 g/mol. The predicted molar refractivity (Wildman–Crippen MR) is 67.3 cm³/mol. The van der Waals surface area contributed by atoms with Crippen molar-refractivity contribution in [2.75, 3.05) is 26.2 Å². The molecule has 1 atom stereocenters. The quantitative estimate of drug-likeness (QED) is 0.797. The number of carbonyl (C=O) groups is 1. The molecule has 1 saturated heterocycles. The molecule has 0 aromatic carbocycles. The molecule has 1 fully saturated rings. The second-order valence-electron chi connectivity index (χ2n) is 6.20. The fourth-order valence-corrected chi connectivity index (χ4v) is 2.46. The topological polar surface area (TPSA) is 32.3 Å². The highest BCUT2D eigenvalue weighted by Crippen LogP contribution is 2.26. The van der Waals surface area contributed by atoms with E-state index < -0.39 is 0 Å². The minimum absolute atomic E-state index is 0.323. The van der Waals surface area contributed by atoms with Crippen LogP contribution in [-0.4, -0.2) is 37.0 Å². The molecular weight excluding hydrogens is 200 g/mol. The van der Waals surface area contributed by atoms with Crippen LogP contribution in [0.15, 0.2) is 0 Å². The Labute approximate surface area is 99.6 Å². The van der Waals surface area contributed by atoms with Crippen LogP contribution < -0.4 is 5.32 Å². The van der Waals surface area contributed by atoms with Crippen LogP contribution in [0, 0.1) is 11.3 Å². The van der Waals surface area contributed by atoms with Gasteiger partial charge in [0.05, 0.1) is 0 Å². The van der Waals surface area contributed by atoms with Crippen LogP contribution in [0.1, 0.15) is 40.5 Å². The van der Waals surface area contributed by atoms with Gasteiger partial charge in [-0.3, -0.25) is 4.79 Å². The maximum absolute atomic E-state index is 12.0. The van der Waals surface area contributed by atoms with E-state index in [1.807, 2.05) is 4.90 Å². The van der Waals surface area contributed by atoms with Gasteiger partial charge < -0.3 is 10.2 Å². The summed E-state index contributed by atoms with van der Waals surface area (Å²) in [5, 5.41) is 3.27. The van der Waals surface area contributed by atoms with E-state index in [1.165, 1.54) is 0 Å². The molecule has 0 aromatic heterocycles. The summed E-state index contributed by atoms with van der Waals surface area (Å²) in [7, 11) is 0. The van der Waals surface area contributed by atoms with Gasteiger partial charge in [-0.1, -0.05) is 27.7 Å². The van der Waals surface area contributed by atoms with Crippen molar-refractivity contribution in [2.45, 2.75) is 40.5 Å². The van der Waals surface area contributed by atoms with Crippen molar-refractivity contribution in [3.8, 4) is 0 Å². The average Bonchev–Trinajstić information content (AvgIpc) is 2.16. The fourth-order valence-electron chi connectivity index (χ4n) is 2.46. The molecule has 0 aliphatic carbocycles. The molecule has 1 rings (SSSR count). The van der Waals surface area contributed by atoms with Crippen LogP contribution in [0.2, 0.25) is 0 Å². The molecule has 1 aliphatic rings. The van der Waals surface area contributed by atoms with Gasteiger partial charge in [-0.25, -0.2) is 0 Å². The molecule has 1 aliphatic heterocycles. The van der Waals surface area contributed by atoms with E-state index in [9.17, 15) is 4.79 Å². The summed E-state index contributed by atoms with van der Waals surface area (Å²) in [4.78, 5) is 14.0. The molecule has 0 unspecified atom stereocenters. The van der Waals surface area contributed by atoms with Gasteiger partial charge in [-0.15, -0.1) is 0 Å². The second kappa shape index (κ2) is 5.67. The lowest BCUT2D eigenvalue weighted by molar-refractivity contribution is -0.132. The van der Waals surface area contributed by atoms with E-state index in [0.29, 0.717) is 23.7 Å². The Morgan fingerprint density at radius 2 is 1.88 bits per heavy atom. The van der Waals surface area contributed by atoms with Crippen molar-refractivity contribution in [2.24, 2.45) is 11.3 Å². The Morgan fingerprint density at radius 3 is 2.38 bits per heavy atom. The molecule has 0 spiro atoms. The number of nitrogens with zero attached hydrogens (tertiary/aromatic N) is 1. The largest absolute Gasteiger partial charge is 0.340 e. The standard InChI is InChI=1S/C13H26N2O/c1-11(10-13(2,3)4)9-12(16)15-7-5-14-6-8-15/h11,14H,5-10H2,1-4H3/t11-/m1/s1. The minimum Gasteiger partial charge on any atom is -0.340 e. The Morgan fingerprint density at radius 1 is 1.31 bits per heavy atom. The van der Waals surface area contributed by atoms with Gasteiger partial charge in [-0.2, -0.15) is 0 Å². The summed E-state index contributed by atoms with van der Waals surface area (Å²) in [5.41, 5.74) is 0.323. The van der Waals surface area contributed by atoms with E-state index in [4.69, 9.17) is 0 Å². The summed E-state index contributed by atoms with van der Waals surface area (Å²) in [6.45, 7) is 12.5. The van der Waals surface area contributed by atoms with Gasteiger partial charge in [0.15, 0.2) is 0 Å². The number of nitrogens with one attached hydrogen (secondary N) is 1. The van der Waals surface area contributed by atoms with Crippen LogP contribution in [-0.2, 0) is 4.79 Å². The molecule has 1 N–H and O–H groups in total. The van der Waals surface area contributed by atoms with Crippen molar-refractivity contribution >= 4 is 5.91 Å². The second-order valence-corrected chi connectivity index (χ2v) is 6.20. The van der Waals surface area contributed by atoms with Gasteiger partial charge in [0.2, 0.25) is 5.91 Å². The molecule has 1 heterocycles. The molecule has 94 valence electrons. The highest BCUT2D eigenvalue weighted by molar-refractivity contribution is 5.76. The zero-order chi connectivity index (χ0) is 12.2. The first kappa shape index (κ1) is 13.5. The smallest absolute Gasteiger partial charge is 0.222 e. The first-order valence-corrected chi connectivity index (χ1v) is 6.37. The molecule has 0 saturated carbocycles. The van der Waals surface area contributed by atoms with Crippen molar-refractivity contribution < 1.29 is 4.79 Å². The van der Waals surface area contributed by atoms with Crippen LogP contribution in [0.25, 0.3) is 0 Å². The third-order valence-corrected chi connectivity index (χ3v) is 2.95.